The molecule has 0 aliphatic carbocycles. The van der Waals surface area contributed by atoms with Crippen LogP contribution in [0.3, 0.4) is 0 Å². The molecule has 2 atom stereocenters. The van der Waals surface area contributed by atoms with Gasteiger partial charge in [0.2, 0.25) is 0 Å². The zero-order chi connectivity index (χ0) is 20.4. The van der Waals surface area contributed by atoms with Crippen molar-refractivity contribution in [2.75, 3.05) is 11.9 Å². The van der Waals surface area contributed by atoms with Crippen LogP contribution in [0.1, 0.15) is 64.9 Å². The number of para-hydroxylation sites is 1. The van der Waals surface area contributed by atoms with Crippen molar-refractivity contribution < 1.29 is 14.3 Å². The van der Waals surface area contributed by atoms with Crippen LogP contribution in [0, 0.1) is 0 Å². The second-order valence-corrected chi connectivity index (χ2v) is 7.08. The number of benzene rings is 2. The van der Waals surface area contributed by atoms with E-state index >= 15 is 0 Å². The summed E-state index contributed by atoms with van der Waals surface area (Å²) < 4.78 is 11.8. The average molecular weight is 384 g/mol. The zero-order valence-corrected chi connectivity index (χ0v) is 17.5. The molecule has 1 amide bonds. The first kappa shape index (κ1) is 21.8. The fraction of sp³-hybridized carbons (Fsp3) is 0.458. The van der Waals surface area contributed by atoms with E-state index in [1.807, 2.05) is 49.4 Å². The summed E-state index contributed by atoms with van der Waals surface area (Å²) in [5.74, 6) is 1.86. The number of carbonyl (C=O) groups excluding carboxylic acids is 1. The smallest absolute Gasteiger partial charge is 0.265 e. The van der Waals surface area contributed by atoms with Gasteiger partial charge in [-0.2, -0.15) is 0 Å². The van der Waals surface area contributed by atoms with Gasteiger partial charge in [-0.3, -0.25) is 4.79 Å². The Morgan fingerprint density at radius 1 is 1.00 bits per heavy atom. The molecule has 0 aromatic heterocycles. The Morgan fingerprint density at radius 2 is 1.71 bits per heavy atom. The van der Waals surface area contributed by atoms with Gasteiger partial charge in [0.25, 0.3) is 5.91 Å². The normalized spacial score (nSPS) is 12.9. The molecule has 2 rings (SSSR count). The monoisotopic (exact) mass is 383 g/mol. The summed E-state index contributed by atoms with van der Waals surface area (Å²) in [5.41, 5.74) is 1.88. The van der Waals surface area contributed by atoms with Crippen molar-refractivity contribution in [3.05, 3.63) is 54.1 Å². The van der Waals surface area contributed by atoms with Gasteiger partial charge < -0.3 is 14.8 Å². The van der Waals surface area contributed by atoms with E-state index in [1.54, 1.807) is 0 Å². The maximum Gasteiger partial charge on any atom is 0.265 e. The fourth-order valence-corrected chi connectivity index (χ4v) is 2.88. The molecule has 0 spiro atoms. The van der Waals surface area contributed by atoms with Gasteiger partial charge >= 0.3 is 0 Å². The Balaban J connectivity index is 2.00. The maximum atomic E-state index is 12.7. The van der Waals surface area contributed by atoms with Crippen LogP contribution in [0.25, 0.3) is 0 Å². The van der Waals surface area contributed by atoms with E-state index in [2.05, 4.69) is 32.2 Å². The van der Waals surface area contributed by atoms with Gasteiger partial charge in [-0.05, 0) is 61.1 Å². The quantitative estimate of drug-likeness (QED) is 0.472. The number of ether oxygens (including phenoxy) is 2. The van der Waals surface area contributed by atoms with Gasteiger partial charge in [0.15, 0.2) is 6.10 Å². The lowest BCUT2D eigenvalue weighted by atomic mass is 9.98. The molecular formula is C24H33NO3. The van der Waals surface area contributed by atoms with Crippen molar-refractivity contribution in [3.63, 3.8) is 0 Å². The number of nitrogens with one attached hydrogen (secondary N) is 1. The molecule has 1 N–H and O–H groups in total. The molecule has 0 fully saturated rings. The highest BCUT2D eigenvalue weighted by Crippen LogP contribution is 2.29. The topological polar surface area (TPSA) is 47.6 Å². The van der Waals surface area contributed by atoms with Crippen molar-refractivity contribution in [2.24, 2.45) is 0 Å². The minimum Gasteiger partial charge on any atom is -0.494 e. The van der Waals surface area contributed by atoms with Gasteiger partial charge in [0, 0.05) is 5.69 Å². The summed E-state index contributed by atoms with van der Waals surface area (Å²) in [6.45, 7) is 9.13. The van der Waals surface area contributed by atoms with Crippen LogP contribution in [-0.2, 0) is 4.79 Å². The molecule has 28 heavy (non-hydrogen) atoms. The van der Waals surface area contributed by atoms with Crippen molar-refractivity contribution in [1.29, 1.82) is 0 Å². The first-order chi connectivity index (χ1) is 13.6. The van der Waals surface area contributed by atoms with Crippen LogP contribution in [0.4, 0.5) is 5.69 Å². The summed E-state index contributed by atoms with van der Waals surface area (Å²) in [6, 6.07) is 15.5. The van der Waals surface area contributed by atoms with Crippen LogP contribution >= 0.6 is 0 Å². The van der Waals surface area contributed by atoms with E-state index in [0.717, 1.165) is 42.0 Å². The summed E-state index contributed by atoms with van der Waals surface area (Å²) in [4.78, 5) is 12.7. The van der Waals surface area contributed by atoms with E-state index in [1.165, 1.54) is 0 Å². The van der Waals surface area contributed by atoms with Crippen LogP contribution in [0.5, 0.6) is 11.5 Å². The Hall–Kier alpha value is -2.49. The first-order valence-electron chi connectivity index (χ1n) is 10.4. The first-order valence-corrected chi connectivity index (χ1v) is 10.4. The predicted molar refractivity (Wildman–Crippen MR) is 115 cm³/mol. The summed E-state index contributed by atoms with van der Waals surface area (Å²) in [5, 5.41) is 2.95. The van der Waals surface area contributed by atoms with Gasteiger partial charge in [0.05, 0.1) is 6.61 Å². The molecule has 0 saturated carbocycles. The summed E-state index contributed by atoms with van der Waals surface area (Å²) in [7, 11) is 0. The maximum absolute atomic E-state index is 12.7. The van der Waals surface area contributed by atoms with Crippen LogP contribution in [0.2, 0.25) is 0 Å². The molecular weight excluding hydrogens is 350 g/mol. The SMILES string of the molecule is CCCCOc1ccc(NC(=O)C(CC)Oc2ccccc2C(C)CC)cc1. The summed E-state index contributed by atoms with van der Waals surface area (Å²) >= 11 is 0. The second-order valence-electron chi connectivity index (χ2n) is 7.08. The highest BCUT2D eigenvalue weighted by atomic mass is 16.5. The van der Waals surface area contributed by atoms with Crippen LogP contribution in [0.15, 0.2) is 48.5 Å². The Kier molecular flexibility index (Phi) is 8.86. The van der Waals surface area contributed by atoms with E-state index in [4.69, 9.17) is 9.47 Å². The molecule has 2 unspecified atom stereocenters. The van der Waals surface area contributed by atoms with Crippen molar-refractivity contribution in [1.82, 2.24) is 0 Å². The Morgan fingerprint density at radius 3 is 2.36 bits per heavy atom. The number of anilines is 1. The number of carbonyl (C=O) groups is 1. The molecule has 0 aliphatic heterocycles. The third kappa shape index (κ3) is 6.29. The fourth-order valence-electron chi connectivity index (χ4n) is 2.88. The lowest BCUT2D eigenvalue weighted by Crippen LogP contribution is -2.32. The van der Waals surface area contributed by atoms with E-state index in [-0.39, 0.29) is 5.91 Å². The largest absolute Gasteiger partial charge is 0.494 e. The second kappa shape index (κ2) is 11.4. The summed E-state index contributed by atoms with van der Waals surface area (Å²) in [6.07, 6.45) is 3.22. The van der Waals surface area contributed by atoms with Gasteiger partial charge in [0.1, 0.15) is 11.5 Å². The van der Waals surface area contributed by atoms with Crippen LogP contribution in [-0.4, -0.2) is 18.6 Å². The number of rotatable bonds is 11. The molecule has 2 aromatic carbocycles. The molecule has 0 saturated heterocycles. The number of hydrogen-bond acceptors (Lipinski definition) is 3. The number of hydrogen-bond donors (Lipinski definition) is 1. The molecule has 0 radical (unpaired) electrons. The van der Waals surface area contributed by atoms with Gasteiger partial charge in [-0.15, -0.1) is 0 Å². The van der Waals surface area contributed by atoms with Gasteiger partial charge in [-0.1, -0.05) is 52.3 Å². The molecule has 0 aliphatic rings. The molecule has 4 heteroatoms. The standard InChI is InChI=1S/C24H33NO3/c1-5-8-17-27-20-15-13-19(14-16-20)25-24(26)22(7-3)28-23-12-10-9-11-21(23)18(4)6-2/h9-16,18,22H,5-8,17H2,1-4H3,(H,25,26). The van der Waals surface area contributed by atoms with E-state index in [0.29, 0.717) is 18.9 Å². The highest BCUT2D eigenvalue weighted by Gasteiger charge is 2.21. The van der Waals surface area contributed by atoms with Crippen molar-refractivity contribution in [2.45, 2.75) is 65.4 Å². The van der Waals surface area contributed by atoms with Crippen LogP contribution < -0.4 is 14.8 Å². The molecule has 0 heterocycles. The Labute approximate surface area is 169 Å². The van der Waals surface area contributed by atoms with Gasteiger partial charge in [-0.25, -0.2) is 0 Å². The minimum absolute atomic E-state index is 0.138. The molecule has 0 bridgehead atoms. The Bertz CT molecular complexity index is 727. The van der Waals surface area contributed by atoms with Crippen molar-refractivity contribution in [3.8, 4) is 11.5 Å². The van der Waals surface area contributed by atoms with Crippen molar-refractivity contribution >= 4 is 11.6 Å². The third-order valence-electron chi connectivity index (χ3n) is 4.88. The number of unbranched alkanes of at least 4 members (excludes halogenated alkanes) is 1. The lowest BCUT2D eigenvalue weighted by molar-refractivity contribution is -0.122. The zero-order valence-electron chi connectivity index (χ0n) is 17.5. The average Bonchev–Trinajstić information content (AvgIpc) is 2.73. The molecule has 2 aromatic rings. The minimum atomic E-state index is -0.536. The van der Waals surface area contributed by atoms with E-state index in [9.17, 15) is 4.79 Å². The molecule has 152 valence electrons. The predicted octanol–water partition coefficient (Wildman–Crippen LogP) is 6.18. The third-order valence-corrected chi connectivity index (χ3v) is 4.88. The molecule has 4 nitrogen and oxygen atoms in total. The lowest BCUT2D eigenvalue weighted by Gasteiger charge is -2.21. The number of amides is 1. The highest BCUT2D eigenvalue weighted by molar-refractivity contribution is 5.94. The van der Waals surface area contributed by atoms with E-state index < -0.39 is 6.10 Å².